The molecule has 0 spiro atoms. The van der Waals surface area contributed by atoms with E-state index in [-0.39, 0.29) is 5.91 Å². The molecule has 3 rings (SSSR count). The summed E-state index contributed by atoms with van der Waals surface area (Å²) in [6, 6.07) is 7.97. The van der Waals surface area contributed by atoms with Crippen molar-refractivity contribution in [3.8, 4) is 5.69 Å². The summed E-state index contributed by atoms with van der Waals surface area (Å²) in [7, 11) is 4.01. The van der Waals surface area contributed by atoms with E-state index in [4.69, 9.17) is 0 Å². The predicted octanol–water partition coefficient (Wildman–Crippen LogP) is 2.06. The zero-order valence-corrected chi connectivity index (χ0v) is 14.2. The Balaban J connectivity index is 1.56. The fourth-order valence-corrected chi connectivity index (χ4v) is 2.54. The van der Waals surface area contributed by atoms with E-state index in [1.54, 1.807) is 10.8 Å². The van der Waals surface area contributed by atoms with E-state index in [9.17, 15) is 4.79 Å². The van der Waals surface area contributed by atoms with Crippen molar-refractivity contribution in [3.63, 3.8) is 0 Å². The zero-order chi connectivity index (χ0) is 16.9. The molecular weight excluding hydrogens is 302 g/mol. The van der Waals surface area contributed by atoms with Gasteiger partial charge in [0, 0.05) is 19.2 Å². The van der Waals surface area contributed by atoms with Crippen LogP contribution in [-0.4, -0.2) is 39.9 Å². The molecule has 24 heavy (non-hydrogen) atoms. The smallest absolute Gasteiger partial charge is 0.244 e. The molecule has 0 aliphatic heterocycles. The SMILES string of the molecule is CN(C)Cc1cn(-c2ccc(CNC(=O)C=C3CCC3)cc2)nn1. The van der Waals surface area contributed by atoms with Gasteiger partial charge in [-0.2, -0.15) is 0 Å². The quantitative estimate of drug-likeness (QED) is 0.826. The van der Waals surface area contributed by atoms with Crippen LogP contribution in [0.25, 0.3) is 5.69 Å². The third-order valence-electron chi connectivity index (χ3n) is 4.02. The first-order valence-electron chi connectivity index (χ1n) is 8.23. The Morgan fingerprint density at radius 2 is 2.04 bits per heavy atom. The summed E-state index contributed by atoms with van der Waals surface area (Å²) >= 11 is 0. The van der Waals surface area contributed by atoms with Gasteiger partial charge in [0.05, 0.1) is 17.6 Å². The van der Waals surface area contributed by atoms with Crippen LogP contribution < -0.4 is 5.32 Å². The normalized spacial score (nSPS) is 13.7. The van der Waals surface area contributed by atoms with Crippen molar-refractivity contribution in [1.82, 2.24) is 25.2 Å². The molecule has 0 saturated heterocycles. The first-order chi connectivity index (χ1) is 11.6. The highest BCUT2D eigenvalue weighted by Gasteiger charge is 2.10. The maximum atomic E-state index is 11.8. The molecule has 6 nitrogen and oxygen atoms in total. The minimum atomic E-state index is -0.00150. The van der Waals surface area contributed by atoms with Crippen molar-refractivity contribution in [3.05, 3.63) is 53.4 Å². The third kappa shape index (κ3) is 4.29. The summed E-state index contributed by atoms with van der Waals surface area (Å²) in [6.07, 6.45) is 7.01. The van der Waals surface area contributed by atoms with E-state index in [2.05, 4.69) is 20.5 Å². The number of amides is 1. The van der Waals surface area contributed by atoms with Crippen molar-refractivity contribution in [1.29, 1.82) is 0 Å². The molecule has 1 aromatic heterocycles. The van der Waals surface area contributed by atoms with Crippen molar-refractivity contribution in [2.75, 3.05) is 14.1 Å². The summed E-state index contributed by atoms with van der Waals surface area (Å²) in [5, 5.41) is 11.2. The first kappa shape index (κ1) is 16.4. The van der Waals surface area contributed by atoms with Crippen LogP contribution in [0.4, 0.5) is 0 Å². The van der Waals surface area contributed by atoms with Gasteiger partial charge < -0.3 is 10.2 Å². The van der Waals surface area contributed by atoms with Gasteiger partial charge in [-0.15, -0.1) is 5.10 Å². The maximum absolute atomic E-state index is 11.8. The van der Waals surface area contributed by atoms with Crippen molar-refractivity contribution >= 4 is 5.91 Å². The monoisotopic (exact) mass is 325 g/mol. The highest BCUT2D eigenvalue weighted by molar-refractivity contribution is 5.88. The lowest BCUT2D eigenvalue weighted by Gasteiger charge is -2.15. The average Bonchev–Trinajstić information content (AvgIpc) is 2.97. The van der Waals surface area contributed by atoms with Gasteiger partial charge in [-0.05, 0) is 51.1 Å². The first-order valence-corrected chi connectivity index (χ1v) is 8.23. The largest absolute Gasteiger partial charge is 0.348 e. The Labute approximate surface area is 142 Å². The van der Waals surface area contributed by atoms with E-state index >= 15 is 0 Å². The Morgan fingerprint density at radius 3 is 2.67 bits per heavy atom. The van der Waals surface area contributed by atoms with Gasteiger partial charge in [0.25, 0.3) is 0 Å². The van der Waals surface area contributed by atoms with E-state index in [0.717, 1.165) is 36.3 Å². The number of carbonyl (C=O) groups is 1. The van der Waals surface area contributed by atoms with Crippen molar-refractivity contribution in [2.45, 2.75) is 32.4 Å². The molecule has 6 heteroatoms. The minimum Gasteiger partial charge on any atom is -0.348 e. The highest BCUT2D eigenvalue weighted by atomic mass is 16.1. The lowest BCUT2D eigenvalue weighted by atomic mass is 9.92. The molecule has 0 atom stereocenters. The van der Waals surface area contributed by atoms with Gasteiger partial charge in [0.2, 0.25) is 5.91 Å². The van der Waals surface area contributed by atoms with Gasteiger partial charge in [0.1, 0.15) is 0 Å². The molecule has 2 aromatic rings. The molecule has 1 aromatic carbocycles. The lowest BCUT2D eigenvalue weighted by Crippen LogP contribution is -2.21. The number of nitrogens with zero attached hydrogens (tertiary/aromatic N) is 4. The van der Waals surface area contributed by atoms with E-state index < -0.39 is 0 Å². The number of hydrogen-bond donors (Lipinski definition) is 1. The molecule has 126 valence electrons. The van der Waals surface area contributed by atoms with Gasteiger partial charge in [-0.3, -0.25) is 4.79 Å². The van der Waals surface area contributed by atoms with Crippen LogP contribution in [-0.2, 0) is 17.9 Å². The van der Waals surface area contributed by atoms with Crippen LogP contribution >= 0.6 is 0 Å². The molecular formula is C18H23N5O. The highest BCUT2D eigenvalue weighted by Crippen LogP contribution is 2.24. The summed E-state index contributed by atoms with van der Waals surface area (Å²) in [5.41, 5.74) is 4.20. The Hall–Kier alpha value is -2.47. The fraction of sp³-hybridized carbons (Fsp3) is 0.389. The average molecular weight is 325 g/mol. The van der Waals surface area contributed by atoms with Crippen molar-refractivity contribution in [2.24, 2.45) is 0 Å². The minimum absolute atomic E-state index is 0.00150. The second kappa shape index (κ2) is 7.40. The van der Waals surface area contributed by atoms with E-state index in [1.165, 1.54) is 12.0 Å². The molecule has 0 bridgehead atoms. The van der Waals surface area contributed by atoms with Gasteiger partial charge in [-0.1, -0.05) is 22.9 Å². The number of benzene rings is 1. The number of nitrogens with one attached hydrogen (secondary N) is 1. The molecule has 0 radical (unpaired) electrons. The van der Waals surface area contributed by atoms with Crippen LogP contribution in [0.1, 0.15) is 30.5 Å². The number of hydrogen-bond acceptors (Lipinski definition) is 4. The topological polar surface area (TPSA) is 63.0 Å². The van der Waals surface area contributed by atoms with Crippen LogP contribution in [0.3, 0.4) is 0 Å². The molecule has 1 saturated carbocycles. The Bertz CT molecular complexity index is 724. The molecule has 1 fully saturated rings. The molecule has 1 amide bonds. The number of rotatable bonds is 6. The van der Waals surface area contributed by atoms with E-state index in [1.807, 2.05) is 44.6 Å². The maximum Gasteiger partial charge on any atom is 0.244 e. The van der Waals surface area contributed by atoms with E-state index in [0.29, 0.717) is 6.54 Å². The lowest BCUT2D eigenvalue weighted by molar-refractivity contribution is -0.116. The number of aromatic nitrogens is 3. The molecule has 0 unspecified atom stereocenters. The number of carbonyl (C=O) groups excluding carboxylic acids is 1. The zero-order valence-electron chi connectivity index (χ0n) is 14.2. The standard InChI is InChI=1S/C18H23N5O/c1-22(2)12-16-13-23(21-20-16)17-8-6-15(7-9-17)11-19-18(24)10-14-4-3-5-14/h6-10,13H,3-5,11-12H2,1-2H3,(H,19,24). The van der Waals surface area contributed by atoms with Gasteiger partial charge in [-0.25, -0.2) is 4.68 Å². The van der Waals surface area contributed by atoms with Gasteiger partial charge >= 0.3 is 0 Å². The van der Waals surface area contributed by atoms with Crippen LogP contribution in [0.5, 0.6) is 0 Å². The number of allylic oxidation sites excluding steroid dienone is 1. The summed E-state index contributed by atoms with van der Waals surface area (Å²) in [6.45, 7) is 1.30. The summed E-state index contributed by atoms with van der Waals surface area (Å²) < 4.78 is 1.77. The van der Waals surface area contributed by atoms with Crippen LogP contribution in [0.15, 0.2) is 42.1 Å². The molecule has 1 aliphatic carbocycles. The molecule has 1 aliphatic rings. The Morgan fingerprint density at radius 1 is 1.29 bits per heavy atom. The predicted molar refractivity (Wildman–Crippen MR) is 92.5 cm³/mol. The Kier molecular flexibility index (Phi) is 5.05. The second-order valence-electron chi connectivity index (χ2n) is 6.43. The van der Waals surface area contributed by atoms with Crippen molar-refractivity contribution < 1.29 is 4.79 Å². The fourth-order valence-electron chi connectivity index (χ4n) is 2.54. The van der Waals surface area contributed by atoms with Crippen LogP contribution in [0.2, 0.25) is 0 Å². The third-order valence-corrected chi connectivity index (χ3v) is 4.02. The molecule has 1 heterocycles. The second-order valence-corrected chi connectivity index (χ2v) is 6.43. The summed E-state index contributed by atoms with van der Waals surface area (Å²) in [4.78, 5) is 13.8. The summed E-state index contributed by atoms with van der Waals surface area (Å²) in [5.74, 6) is -0.00150. The van der Waals surface area contributed by atoms with Gasteiger partial charge in [0.15, 0.2) is 0 Å². The van der Waals surface area contributed by atoms with Crippen LogP contribution in [0, 0.1) is 0 Å². The molecule has 1 N–H and O–H groups in total.